The van der Waals surface area contributed by atoms with Crippen molar-refractivity contribution in [1.29, 1.82) is 0 Å². The Morgan fingerprint density at radius 2 is 2.14 bits per heavy atom. The lowest BCUT2D eigenvalue weighted by Crippen LogP contribution is -2.02. The average molecular weight is 195 g/mol. The number of carbonyl (C=O) groups excluding carboxylic acids is 1. The van der Waals surface area contributed by atoms with Crippen LogP contribution in [0.15, 0.2) is 12.1 Å². The third-order valence-electron chi connectivity index (χ3n) is 2.03. The maximum absolute atomic E-state index is 11.2. The summed E-state index contributed by atoms with van der Waals surface area (Å²) < 4.78 is 5.07. The fourth-order valence-electron chi connectivity index (χ4n) is 1.29. The molecule has 0 unspecified atom stereocenters. The summed E-state index contributed by atoms with van der Waals surface area (Å²) in [5.41, 5.74) is 3.66. The maximum atomic E-state index is 11.2. The van der Waals surface area contributed by atoms with E-state index in [2.05, 4.69) is 0 Å². The molecule has 1 aromatic carbocycles. The summed E-state index contributed by atoms with van der Waals surface area (Å²) in [6.07, 6.45) is 0. The molecule has 0 fully saturated rings. The lowest BCUT2D eigenvalue weighted by molar-refractivity contribution is 0.101. The number of Topliss-reactive ketones (excluding diaryl/α,β-unsaturated/α-hetero) is 1. The molecular formula is C10H13NO3. The number of ketones is 1. The second-order valence-corrected chi connectivity index (χ2v) is 3.04. The van der Waals surface area contributed by atoms with E-state index in [0.29, 0.717) is 17.0 Å². The first-order chi connectivity index (χ1) is 6.60. The maximum Gasteiger partial charge on any atom is 0.162 e. The molecule has 0 heterocycles. The molecule has 2 N–H and O–H groups in total. The normalized spacial score (nSPS) is 9.71. The van der Waals surface area contributed by atoms with Gasteiger partial charge in [0, 0.05) is 5.56 Å². The first kappa shape index (κ1) is 10.5. The van der Waals surface area contributed by atoms with Crippen LogP contribution in [0.5, 0.6) is 5.75 Å². The van der Waals surface area contributed by atoms with Gasteiger partial charge in [0.2, 0.25) is 0 Å². The monoisotopic (exact) mass is 195 g/mol. The Kier molecular flexibility index (Phi) is 3.09. The van der Waals surface area contributed by atoms with Gasteiger partial charge < -0.3 is 4.74 Å². The molecule has 4 nitrogen and oxygen atoms in total. The summed E-state index contributed by atoms with van der Waals surface area (Å²) in [5.74, 6) is 0.508. The summed E-state index contributed by atoms with van der Waals surface area (Å²) >= 11 is 0. The standard InChI is InChI=1S/C10H13NO3/c1-6-4-9(11-13)8(7(2)12)5-10(6)14-3/h4-5,11,13H,1-3H3. The van der Waals surface area contributed by atoms with Crippen molar-refractivity contribution in [3.63, 3.8) is 0 Å². The zero-order valence-electron chi connectivity index (χ0n) is 8.42. The lowest BCUT2D eigenvalue weighted by Gasteiger charge is -2.10. The van der Waals surface area contributed by atoms with Gasteiger partial charge >= 0.3 is 0 Å². The van der Waals surface area contributed by atoms with Crippen molar-refractivity contribution in [2.24, 2.45) is 0 Å². The van der Waals surface area contributed by atoms with E-state index in [9.17, 15) is 4.79 Å². The summed E-state index contributed by atoms with van der Waals surface area (Å²) in [7, 11) is 1.54. The van der Waals surface area contributed by atoms with Crippen LogP contribution >= 0.6 is 0 Å². The Morgan fingerprint density at radius 3 is 2.57 bits per heavy atom. The number of anilines is 1. The number of carbonyl (C=O) groups is 1. The largest absolute Gasteiger partial charge is 0.496 e. The zero-order chi connectivity index (χ0) is 10.7. The van der Waals surface area contributed by atoms with Crippen LogP contribution < -0.4 is 10.2 Å². The molecule has 1 aromatic rings. The Bertz CT molecular complexity index is 361. The second-order valence-electron chi connectivity index (χ2n) is 3.04. The van der Waals surface area contributed by atoms with Crippen LogP contribution in [-0.4, -0.2) is 18.1 Å². The van der Waals surface area contributed by atoms with Gasteiger partial charge in [-0.2, -0.15) is 0 Å². The SMILES string of the molecule is COc1cc(C(C)=O)c(NO)cc1C. The molecule has 0 aromatic heterocycles. The van der Waals surface area contributed by atoms with Gasteiger partial charge in [-0.05, 0) is 31.5 Å². The van der Waals surface area contributed by atoms with Gasteiger partial charge in [0.25, 0.3) is 0 Å². The van der Waals surface area contributed by atoms with Crippen LogP contribution in [0.1, 0.15) is 22.8 Å². The van der Waals surface area contributed by atoms with Crippen molar-refractivity contribution in [1.82, 2.24) is 0 Å². The predicted molar refractivity (Wildman–Crippen MR) is 53.1 cm³/mol. The predicted octanol–water partition coefficient (Wildman–Crippen LogP) is 2.01. The van der Waals surface area contributed by atoms with E-state index in [0.717, 1.165) is 5.56 Å². The Balaban J connectivity index is 3.32. The molecule has 0 atom stereocenters. The first-order valence-corrected chi connectivity index (χ1v) is 4.19. The molecule has 0 aliphatic rings. The number of benzene rings is 1. The van der Waals surface area contributed by atoms with Crippen LogP contribution in [0.25, 0.3) is 0 Å². The van der Waals surface area contributed by atoms with Crippen LogP contribution in [0.2, 0.25) is 0 Å². The number of methoxy groups -OCH3 is 1. The van der Waals surface area contributed by atoms with Crippen LogP contribution in [0, 0.1) is 6.92 Å². The van der Waals surface area contributed by atoms with Crippen LogP contribution in [0.4, 0.5) is 5.69 Å². The van der Waals surface area contributed by atoms with E-state index >= 15 is 0 Å². The van der Waals surface area contributed by atoms with E-state index in [4.69, 9.17) is 9.94 Å². The Hall–Kier alpha value is -1.55. The van der Waals surface area contributed by atoms with Crippen molar-refractivity contribution in [3.8, 4) is 5.75 Å². The average Bonchev–Trinajstić information content (AvgIpc) is 2.16. The summed E-state index contributed by atoms with van der Waals surface area (Å²) in [6, 6.07) is 3.27. The van der Waals surface area contributed by atoms with E-state index in [1.807, 2.05) is 12.4 Å². The van der Waals surface area contributed by atoms with Gasteiger partial charge in [0.15, 0.2) is 5.78 Å². The van der Waals surface area contributed by atoms with Crippen molar-refractivity contribution >= 4 is 11.5 Å². The minimum absolute atomic E-state index is 0.125. The topological polar surface area (TPSA) is 58.6 Å². The zero-order valence-corrected chi connectivity index (χ0v) is 8.42. The summed E-state index contributed by atoms with van der Waals surface area (Å²) in [4.78, 5) is 11.2. The van der Waals surface area contributed by atoms with Gasteiger partial charge in [-0.1, -0.05) is 0 Å². The molecule has 4 heteroatoms. The van der Waals surface area contributed by atoms with E-state index < -0.39 is 0 Å². The molecule has 0 aliphatic heterocycles. The number of rotatable bonds is 3. The Labute approximate surface area is 82.5 Å². The molecule has 0 amide bonds. The third-order valence-corrected chi connectivity index (χ3v) is 2.03. The molecule has 0 spiro atoms. The van der Waals surface area contributed by atoms with Gasteiger partial charge in [-0.15, -0.1) is 0 Å². The van der Waals surface area contributed by atoms with E-state index in [1.165, 1.54) is 14.0 Å². The summed E-state index contributed by atoms with van der Waals surface area (Å²) in [6.45, 7) is 3.27. The van der Waals surface area contributed by atoms with Crippen LogP contribution in [-0.2, 0) is 0 Å². The third kappa shape index (κ3) is 1.85. The molecular weight excluding hydrogens is 182 g/mol. The first-order valence-electron chi connectivity index (χ1n) is 4.19. The number of hydrogen-bond acceptors (Lipinski definition) is 4. The number of hydrogen-bond donors (Lipinski definition) is 2. The van der Waals surface area contributed by atoms with E-state index in [1.54, 1.807) is 12.1 Å². The van der Waals surface area contributed by atoms with Crippen molar-refractivity contribution < 1.29 is 14.7 Å². The quantitative estimate of drug-likeness (QED) is 0.572. The van der Waals surface area contributed by atoms with Crippen molar-refractivity contribution in [2.45, 2.75) is 13.8 Å². The fraction of sp³-hybridized carbons (Fsp3) is 0.300. The molecule has 14 heavy (non-hydrogen) atoms. The van der Waals surface area contributed by atoms with E-state index in [-0.39, 0.29) is 5.78 Å². The van der Waals surface area contributed by atoms with Gasteiger partial charge in [-0.3, -0.25) is 15.5 Å². The molecule has 0 saturated carbocycles. The highest BCUT2D eigenvalue weighted by Crippen LogP contribution is 2.26. The minimum atomic E-state index is -0.125. The second kappa shape index (κ2) is 4.11. The van der Waals surface area contributed by atoms with Gasteiger partial charge in [-0.25, -0.2) is 0 Å². The van der Waals surface area contributed by atoms with Crippen molar-refractivity contribution in [3.05, 3.63) is 23.3 Å². The van der Waals surface area contributed by atoms with Crippen LogP contribution in [0.3, 0.4) is 0 Å². The molecule has 0 saturated heterocycles. The lowest BCUT2D eigenvalue weighted by atomic mass is 10.1. The minimum Gasteiger partial charge on any atom is -0.496 e. The molecule has 1 rings (SSSR count). The smallest absolute Gasteiger partial charge is 0.162 e. The van der Waals surface area contributed by atoms with Gasteiger partial charge in [0.1, 0.15) is 5.75 Å². The fourth-order valence-corrected chi connectivity index (χ4v) is 1.29. The highest BCUT2D eigenvalue weighted by atomic mass is 16.5. The highest BCUT2D eigenvalue weighted by Gasteiger charge is 2.10. The number of nitrogens with one attached hydrogen (secondary N) is 1. The summed E-state index contributed by atoms with van der Waals surface area (Å²) in [5, 5.41) is 8.81. The van der Waals surface area contributed by atoms with Crippen molar-refractivity contribution in [2.75, 3.05) is 12.6 Å². The van der Waals surface area contributed by atoms with Gasteiger partial charge in [0.05, 0.1) is 12.8 Å². The number of aryl methyl sites for hydroxylation is 1. The Morgan fingerprint density at radius 1 is 1.50 bits per heavy atom. The molecule has 0 aliphatic carbocycles. The highest BCUT2D eigenvalue weighted by molar-refractivity contribution is 6.00. The molecule has 0 radical (unpaired) electrons. The number of ether oxygens (including phenoxy) is 1. The molecule has 0 bridgehead atoms. The molecule has 76 valence electrons.